The summed E-state index contributed by atoms with van der Waals surface area (Å²) in [6.45, 7) is 0. The molecule has 2 aliphatic carbocycles. The van der Waals surface area contributed by atoms with Gasteiger partial charge in [0.15, 0.2) is 0 Å². The number of rotatable bonds is 1. The van der Waals surface area contributed by atoms with Gasteiger partial charge >= 0.3 is 0 Å². The highest BCUT2D eigenvalue weighted by molar-refractivity contribution is 4.99. The van der Waals surface area contributed by atoms with Crippen LogP contribution in [0, 0.1) is 11.8 Å². The normalized spacial score (nSPS) is 33.8. The Kier molecular flexibility index (Phi) is 1.79. The minimum Gasteiger partial charge on any atom is -0.0882 e. The smallest absolute Gasteiger partial charge is 0.0202 e. The molecule has 0 aromatic heterocycles. The maximum atomic E-state index is 2.45. The molecule has 0 amide bonds. The van der Waals surface area contributed by atoms with Crippen LogP contribution in [0.25, 0.3) is 0 Å². The Morgan fingerprint density at radius 1 is 1.00 bits per heavy atom. The zero-order chi connectivity index (χ0) is 6.81. The van der Waals surface area contributed by atoms with Gasteiger partial charge in [0.05, 0.1) is 0 Å². The minimum atomic E-state index is 0.975. The van der Waals surface area contributed by atoms with E-state index in [1.54, 1.807) is 0 Å². The van der Waals surface area contributed by atoms with Gasteiger partial charge in [0.1, 0.15) is 0 Å². The lowest BCUT2D eigenvalue weighted by atomic mass is 9.91. The first-order valence-electron chi connectivity index (χ1n) is 4.63. The standard InChI is InChI=1S/C10H16/c1-2-6-9(5-1)10-7-3-4-8-10/h1,5,9-10H,2-4,6-8H2/t9-/m1/s1. The third-order valence-corrected chi connectivity index (χ3v) is 3.06. The molecule has 0 unspecified atom stereocenters. The molecule has 0 aromatic carbocycles. The highest BCUT2D eigenvalue weighted by atomic mass is 14.3. The second-order valence-corrected chi connectivity index (χ2v) is 3.71. The molecule has 56 valence electrons. The van der Waals surface area contributed by atoms with E-state index >= 15 is 0 Å². The molecule has 10 heavy (non-hydrogen) atoms. The summed E-state index contributed by atoms with van der Waals surface area (Å²) in [5.41, 5.74) is 0. The molecule has 1 fully saturated rings. The predicted octanol–water partition coefficient (Wildman–Crippen LogP) is 3.14. The number of hydrogen-bond acceptors (Lipinski definition) is 0. The molecule has 0 bridgehead atoms. The van der Waals surface area contributed by atoms with Gasteiger partial charge < -0.3 is 0 Å². The van der Waals surface area contributed by atoms with Gasteiger partial charge in [-0.15, -0.1) is 0 Å². The highest BCUT2D eigenvalue weighted by Crippen LogP contribution is 2.36. The fraction of sp³-hybridized carbons (Fsp3) is 0.800. The van der Waals surface area contributed by atoms with Crippen LogP contribution in [0.1, 0.15) is 38.5 Å². The van der Waals surface area contributed by atoms with Crippen LogP contribution in [-0.4, -0.2) is 0 Å². The van der Waals surface area contributed by atoms with Gasteiger partial charge in [-0.05, 0) is 37.5 Å². The van der Waals surface area contributed by atoms with Crippen molar-refractivity contribution in [1.29, 1.82) is 0 Å². The Bertz CT molecular complexity index is 129. The number of hydrogen-bond donors (Lipinski definition) is 0. The summed E-state index contributed by atoms with van der Waals surface area (Å²) in [5, 5.41) is 0. The van der Waals surface area contributed by atoms with Crippen LogP contribution >= 0.6 is 0 Å². The van der Waals surface area contributed by atoms with Crippen LogP contribution in [0.3, 0.4) is 0 Å². The summed E-state index contributed by atoms with van der Waals surface area (Å²) in [6.07, 6.45) is 13.6. The average molecular weight is 136 g/mol. The molecule has 1 saturated carbocycles. The van der Waals surface area contributed by atoms with E-state index in [2.05, 4.69) is 12.2 Å². The van der Waals surface area contributed by atoms with Crippen LogP contribution < -0.4 is 0 Å². The topological polar surface area (TPSA) is 0 Å². The van der Waals surface area contributed by atoms with E-state index in [1.807, 2.05) is 0 Å². The molecular formula is C10H16. The van der Waals surface area contributed by atoms with Gasteiger partial charge in [-0.1, -0.05) is 25.0 Å². The molecule has 0 heteroatoms. The minimum absolute atomic E-state index is 0.975. The van der Waals surface area contributed by atoms with Crippen LogP contribution in [0.5, 0.6) is 0 Å². The first kappa shape index (κ1) is 6.45. The summed E-state index contributed by atoms with van der Waals surface area (Å²) in [6, 6.07) is 0. The molecule has 0 heterocycles. The lowest BCUT2D eigenvalue weighted by molar-refractivity contribution is 0.400. The van der Waals surface area contributed by atoms with Crippen LogP contribution in [0.4, 0.5) is 0 Å². The predicted molar refractivity (Wildman–Crippen MR) is 43.8 cm³/mol. The van der Waals surface area contributed by atoms with E-state index in [9.17, 15) is 0 Å². The average Bonchev–Trinajstić information content (AvgIpc) is 2.59. The highest BCUT2D eigenvalue weighted by Gasteiger charge is 2.23. The van der Waals surface area contributed by atoms with Crippen molar-refractivity contribution < 1.29 is 0 Å². The van der Waals surface area contributed by atoms with Gasteiger partial charge in [0.25, 0.3) is 0 Å². The second-order valence-electron chi connectivity index (χ2n) is 3.71. The van der Waals surface area contributed by atoms with Crippen molar-refractivity contribution in [1.82, 2.24) is 0 Å². The Morgan fingerprint density at radius 3 is 2.40 bits per heavy atom. The fourth-order valence-electron chi connectivity index (χ4n) is 2.43. The van der Waals surface area contributed by atoms with Gasteiger partial charge in [-0.2, -0.15) is 0 Å². The van der Waals surface area contributed by atoms with Crippen LogP contribution in [-0.2, 0) is 0 Å². The van der Waals surface area contributed by atoms with Gasteiger partial charge in [0.2, 0.25) is 0 Å². The van der Waals surface area contributed by atoms with Crippen molar-refractivity contribution in [2.24, 2.45) is 11.8 Å². The zero-order valence-corrected chi connectivity index (χ0v) is 6.55. The monoisotopic (exact) mass is 136 g/mol. The van der Waals surface area contributed by atoms with Crippen molar-refractivity contribution in [2.45, 2.75) is 38.5 Å². The lowest BCUT2D eigenvalue weighted by Crippen LogP contribution is -2.05. The lowest BCUT2D eigenvalue weighted by Gasteiger charge is -2.14. The van der Waals surface area contributed by atoms with Gasteiger partial charge in [0, 0.05) is 0 Å². The quantitative estimate of drug-likeness (QED) is 0.486. The van der Waals surface area contributed by atoms with Gasteiger partial charge in [-0.25, -0.2) is 0 Å². The van der Waals surface area contributed by atoms with Crippen molar-refractivity contribution in [3.05, 3.63) is 12.2 Å². The summed E-state index contributed by atoms with van der Waals surface area (Å²) in [4.78, 5) is 0. The molecular weight excluding hydrogens is 120 g/mol. The third-order valence-electron chi connectivity index (χ3n) is 3.06. The van der Waals surface area contributed by atoms with Crippen molar-refractivity contribution >= 4 is 0 Å². The molecule has 0 N–H and O–H groups in total. The van der Waals surface area contributed by atoms with E-state index in [1.165, 1.54) is 38.5 Å². The molecule has 0 radical (unpaired) electrons. The molecule has 0 saturated heterocycles. The molecule has 0 aromatic rings. The van der Waals surface area contributed by atoms with Crippen molar-refractivity contribution in [3.8, 4) is 0 Å². The molecule has 2 aliphatic rings. The maximum absolute atomic E-state index is 2.45. The van der Waals surface area contributed by atoms with E-state index in [-0.39, 0.29) is 0 Å². The summed E-state index contributed by atoms with van der Waals surface area (Å²) in [5.74, 6) is 2.04. The van der Waals surface area contributed by atoms with Gasteiger partial charge in [-0.3, -0.25) is 0 Å². The summed E-state index contributed by atoms with van der Waals surface area (Å²) < 4.78 is 0. The van der Waals surface area contributed by atoms with Crippen molar-refractivity contribution in [3.63, 3.8) is 0 Å². The molecule has 1 atom stereocenters. The third kappa shape index (κ3) is 1.12. The Morgan fingerprint density at radius 2 is 1.80 bits per heavy atom. The molecule has 0 aliphatic heterocycles. The molecule has 2 rings (SSSR count). The van der Waals surface area contributed by atoms with E-state index in [0.29, 0.717) is 0 Å². The second kappa shape index (κ2) is 2.77. The first-order valence-corrected chi connectivity index (χ1v) is 4.63. The Labute approximate surface area is 63.3 Å². The molecule has 0 nitrogen and oxygen atoms in total. The fourth-order valence-corrected chi connectivity index (χ4v) is 2.43. The maximum Gasteiger partial charge on any atom is -0.0202 e. The van der Waals surface area contributed by atoms with E-state index in [4.69, 9.17) is 0 Å². The molecule has 0 spiro atoms. The largest absolute Gasteiger partial charge is 0.0882 e. The Hall–Kier alpha value is -0.260. The summed E-state index contributed by atoms with van der Waals surface area (Å²) >= 11 is 0. The Balaban J connectivity index is 1.91. The number of allylic oxidation sites excluding steroid dienone is 2. The van der Waals surface area contributed by atoms with E-state index < -0.39 is 0 Å². The first-order chi connectivity index (χ1) is 4.97. The van der Waals surface area contributed by atoms with Crippen molar-refractivity contribution in [2.75, 3.05) is 0 Å². The van der Waals surface area contributed by atoms with Crippen LogP contribution in [0.15, 0.2) is 12.2 Å². The SMILES string of the molecule is C1=C[C@@H](C2CCCC2)CC1. The zero-order valence-electron chi connectivity index (χ0n) is 6.55. The van der Waals surface area contributed by atoms with E-state index in [0.717, 1.165) is 11.8 Å². The van der Waals surface area contributed by atoms with Crippen LogP contribution in [0.2, 0.25) is 0 Å². The summed E-state index contributed by atoms with van der Waals surface area (Å²) in [7, 11) is 0.